The van der Waals surface area contributed by atoms with Gasteiger partial charge in [-0.3, -0.25) is 0 Å². The van der Waals surface area contributed by atoms with Crippen LogP contribution < -0.4 is 0 Å². The summed E-state index contributed by atoms with van der Waals surface area (Å²) in [6.07, 6.45) is 5.00. The van der Waals surface area contributed by atoms with Gasteiger partial charge in [-0.2, -0.15) is 0 Å². The molecule has 1 aromatic rings. The molecular formula is C16H24O2. The van der Waals surface area contributed by atoms with Gasteiger partial charge in [0.25, 0.3) is 0 Å². The lowest BCUT2D eigenvalue weighted by Gasteiger charge is -2.25. The molecule has 1 N–H and O–H groups in total. The Bertz CT molecular complexity index is 381. The van der Waals surface area contributed by atoms with E-state index in [1.807, 2.05) is 0 Å². The van der Waals surface area contributed by atoms with Crippen LogP contribution in [0.5, 0.6) is 0 Å². The fraction of sp³-hybridized carbons (Fsp3) is 0.625. The number of hydrogen-bond donors (Lipinski definition) is 1. The molecule has 0 radical (unpaired) electrons. The van der Waals surface area contributed by atoms with Crippen molar-refractivity contribution >= 4 is 0 Å². The summed E-state index contributed by atoms with van der Waals surface area (Å²) in [5.41, 5.74) is 3.79. The van der Waals surface area contributed by atoms with Gasteiger partial charge in [0.2, 0.25) is 0 Å². The average molecular weight is 248 g/mol. The first-order valence-corrected chi connectivity index (χ1v) is 7.01. The summed E-state index contributed by atoms with van der Waals surface area (Å²) in [6.45, 7) is 5.07. The van der Waals surface area contributed by atoms with Gasteiger partial charge in [0, 0.05) is 6.61 Å². The molecule has 0 bridgehead atoms. The van der Waals surface area contributed by atoms with Crippen LogP contribution in [0.25, 0.3) is 0 Å². The normalized spacial score (nSPS) is 21.8. The summed E-state index contributed by atoms with van der Waals surface area (Å²) in [5.74, 6) is 0. The van der Waals surface area contributed by atoms with Crippen molar-refractivity contribution in [1.82, 2.24) is 0 Å². The van der Waals surface area contributed by atoms with Crippen LogP contribution in [0.4, 0.5) is 0 Å². The molecule has 1 heterocycles. The lowest BCUT2D eigenvalue weighted by molar-refractivity contribution is -0.0148. The Hall–Kier alpha value is -0.860. The standard InChI is InChI=1S/C16H24O2/c1-12-6-7-13(2)14(9-12)10-15(17)11-16-5-3-4-8-18-16/h6-7,9,15-17H,3-5,8,10-11H2,1-2H3. The molecule has 1 aliphatic heterocycles. The first kappa shape index (κ1) is 13.6. The van der Waals surface area contributed by atoms with Crippen molar-refractivity contribution in [3.63, 3.8) is 0 Å². The van der Waals surface area contributed by atoms with Gasteiger partial charge in [0.05, 0.1) is 12.2 Å². The summed E-state index contributed by atoms with van der Waals surface area (Å²) in [7, 11) is 0. The highest BCUT2D eigenvalue weighted by molar-refractivity contribution is 5.30. The third-order valence-electron chi connectivity index (χ3n) is 3.77. The summed E-state index contributed by atoms with van der Waals surface area (Å²) >= 11 is 0. The van der Waals surface area contributed by atoms with Crippen LogP contribution in [0.15, 0.2) is 18.2 Å². The van der Waals surface area contributed by atoms with E-state index in [1.54, 1.807) is 0 Å². The molecule has 0 aromatic heterocycles. The van der Waals surface area contributed by atoms with Gasteiger partial charge < -0.3 is 9.84 Å². The predicted molar refractivity (Wildman–Crippen MR) is 73.8 cm³/mol. The van der Waals surface area contributed by atoms with Crippen molar-refractivity contribution in [1.29, 1.82) is 0 Å². The van der Waals surface area contributed by atoms with E-state index in [9.17, 15) is 5.11 Å². The summed E-state index contributed by atoms with van der Waals surface area (Å²) in [5, 5.41) is 10.2. The zero-order chi connectivity index (χ0) is 13.0. The number of rotatable bonds is 4. The Balaban J connectivity index is 1.89. The van der Waals surface area contributed by atoms with E-state index in [1.165, 1.54) is 29.5 Å². The van der Waals surface area contributed by atoms with Gasteiger partial charge in [0.1, 0.15) is 0 Å². The van der Waals surface area contributed by atoms with E-state index in [4.69, 9.17) is 4.74 Å². The maximum atomic E-state index is 10.2. The zero-order valence-corrected chi connectivity index (χ0v) is 11.5. The number of aryl methyl sites for hydroxylation is 2. The highest BCUT2D eigenvalue weighted by atomic mass is 16.5. The van der Waals surface area contributed by atoms with Crippen LogP contribution >= 0.6 is 0 Å². The van der Waals surface area contributed by atoms with E-state index in [-0.39, 0.29) is 12.2 Å². The SMILES string of the molecule is Cc1ccc(C)c(CC(O)CC2CCCCO2)c1. The Morgan fingerprint density at radius 3 is 2.89 bits per heavy atom. The Labute approximate surface area is 110 Å². The molecule has 100 valence electrons. The second-order valence-corrected chi connectivity index (χ2v) is 5.51. The fourth-order valence-corrected chi connectivity index (χ4v) is 2.65. The van der Waals surface area contributed by atoms with Gasteiger partial charge in [0.15, 0.2) is 0 Å². The van der Waals surface area contributed by atoms with Gasteiger partial charge in [-0.15, -0.1) is 0 Å². The Morgan fingerprint density at radius 2 is 2.17 bits per heavy atom. The number of aliphatic hydroxyl groups excluding tert-OH is 1. The van der Waals surface area contributed by atoms with Crippen molar-refractivity contribution in [2.45, 2.75) is 58.2 Å². The van der Waals surface area contributed by atoms with E-state index in [0.717, 1.165) is 25.9 Å². The molecule has 0 aliphatic carbocycles. The minimum Gasteiger partial charge on any atom is -0.393 e. The molecule has 1 fully saturated rings. The minimum atomic E-state index is -0.284. The van der Waals surface area contributed by atoms with Gasteiger partial charge in [-0.1, -0.05) is 23.8 Å². The Kier molecular flexibility index (Phi) is 4.79. The molecule has 1 aromatic carbocycles. The highest BCUT2D eigenvalue weighted by Crippen LogP contribution is 2.20. The molecule has 0 amide bonds. The topological polar surface area (TPSA) is 29.5 Å². The van der Waals surface area contributed by atoms with Gasteiger partial charge in [-0.25, -0.2) is 0 Å². The second kappa shape index (κ2) is 6.35. The fourth-order valence-electron chi connectivity index (χ4n) is 2.65. The van der Waals surface area contributed by atoms with Gasteiger partial charge in [-0.05, 0) is 57.1 Å². The maximum absolute atomic E-state index is 10.2. The zero-order valence-electron chi connectivity index (χ0n) is 11.5. The van der Waals surface area contributed by atoms with Crippen LogP contribution in [0.3, 0.4) is 0 Å². The molecule has 2 nitrogen and oxygen atoms in total. The third-order valence-corrected chi connectivity index (χ3v) is 3.77. The van der Waals surface area contributed by atoms with E-state index in [2.05, 4.69) is 32.0 Å². The number of hydrogen-bond acceptors (Lipinski definition) is 2. The lowest BCUT2D eigenvalue weighted by Crippen LogP contribution is -2.26. The highest BCUT2D eigenvalue weighted by Gasteiger charge is 2.18. The van der Waals surface area contributed by atoms with Gasteiger partial charge >= 0.3 is 0 Å². The molecular weight excluding hydrogens is 224 g/mol. The number of ether oxygens (including phenoxy) is 1. The minimum absolute atomic E-state index is 0.263. The van der Waals surface area contributed by atoms with E-state index >= 15 is 0 Å². The van der Waals surface area contributed by atoms with Crippen LogP contribution in [0, 0.1) is 13.8 Å². The van der Waals surface area contributed by atoms with Crippen molar-refractivity contribution < 1.29 is 9.84 Å². The molecule has 2 heteroatoms. The second-order valence-electron chi connectivity index (χ2n) is 5.51. The predicted octanol–water partition coefficient (Wildman–Crippen LogP) is 3.17. The molecule has 0 saturated carbocycles. The average Bonchev–Trinajstić information content (AvgIpc) is 2.35. The third kappa shape index (κ3) is 3.82. The summed E-state index contributed by atoms with van der Waals surface area (Å²) in [4.78, 5) is 0. The quantitative estimate of drug-likeness (QED) is 0.887. The number of aliphatic hydroxyl groups is 1. The van der Waals surface area contributed by atoms with Crippen LogP contribution in [0.1, 0.15) is 42.4 Å². The van der Waals surface area contributed by atoms with E-state index < -0.39 is 0 Å². The molecule has 2 atom stereocenters. The molecule has 1 saturated heterocycles. The molecule has 1 aliphatic rings. The monoisotopic (exact) mass is 248 g/mol. The largest absolute Gasteiger partial charge is 0.393 e. The molecule has 0 spiro atoms. The maximum Gasteiger partial charge on any atom is 0.0605 e. The van der Waals surface area contributed by atoms with Crippen molar-refractivity contribution in [2.24, 2.45) is 0 Å². The lowest BCUT2D eigenvalue weighted by atomic mass is 9.96. The van der Waals surface area contributed by atoms with Crippen LogP contribution in [-0.4, -0.2) is 23.9 Å². The summed E-state index contributed by atoms with van der Waals surface area (Å²) < 4.78 is 5.68. The summed E-state index contributed by atoms with van der Waals surface area (Å²) in [6, 6.07) is 6.43. The van der Waals surface area contributed by atoms with Crippen molar-refractivity contribution in [3.8, 4) is 0 Å². The first-order valence-electron chi connectivity index (χ1n) is 7.01. The van der Waals surface area contributed by atoms with Crippen molar-refractivity contribution in [3.05, 3.63) is 34.9 Å². The molecule has 2 unspecified atom stereocenters. The molecule has 2 rings (SSSR count). The Morgan fingerprint density at radius 1 is 1.33 bits per heavy atom. The van der Waals surface area contributed by atoms with Crippen LogP contribution in [0.2, 0.25) is 0 Å². The first-order chi connectivity index (χ1) is 8.65. The smallest absolute Gasteiger partial charge is 0.0605 e. The number of benzene rings is 1. The van der Waals surface area contributed by atoms with E-state index in [0.29, 0.717) is 0 Å². The molecule has 18 heavy (non-hydrogen) atoms. The van der Waals surface area contributed by atoms with Crippen LogP contribution in [-0.2, 0) is 11.2 Å². The van der Waals surface area contributed by atoms with Crippen molar-refractivity contribution in [2.75, 3.05) is 6.61 Å².